The smallest absolute Gasteiger partial charge is 0.409 e. The van der Waals surface area contributed by atoms with Crippen LogP contribution in [0.15, 0.2) is 17.9 Å². The third-order valence-corrected chi connectivity index (χ3v) is 4.44. The zero-order chi connectivity index (χ0) is 18.5. The molecule has 3 heterocycles. The van der Waals surface area contributed by atoms with Crippen LogP contribution in [0.5, 0.6) is 0 Å². The fourth-order valence-corrected chi connectivity index (χ4v) is 3.09. The molecule has 3 rings (SSSR count). The molecule has 1 saturated heterocycles. The van der Waals surface area contributed by atoms with Crippen LogP contribution in [0.2, 0.25) is 0 Å². The van der Waals surface area contributed by atoms with Gasteiger partial charge >= 0.3 is 11.8 Å². The molecule has 2 aromatic rings. The summed E-state index contributed by atoms with van der Waals surface area (Å²) in [5, 5.41) is 16.7. The van der Waals surface area contributed by atoms with Crippen LogP contribution in [0.1, 0.15) is 6.92 Å². The van der Waals surface area contributed by atoms with Gasteiger partial charge < -0.3 is 19.9 Å². The lowest BCUT2D eigenvalue weighted by molar-refractivity contribution is -0.383. The van der Waals surface area contributed by atoms with Crippen LogP contribution in [-0.2, 0) is 4.74 Å². The molecule has 0 bridgehead atoms. The minimum Gasteiger partial charge on any atom is -0.450 e. The van der Waals surface area contributed by atoms with Crippen molar-refractivity contribution in [2.24, 2.45) is 0 Å². The number of nitrogens with one attached hydrogen (secondary N) is 1. The van der Waals surface area contributed by atoms with Crippen molar-refractivity contribution < 1.29 is 14.5 Å². The van der Waals surface area contributed by atoms with Crippen molar-refractivity contribution in [3.8, 4) is 0 Å². The fraction of sp³-hybridized carbons (Fsp3) is 0.429. The van der Waals surface area contributed by atoms with Crippen LogP contribution >= 0.6 is 11.3 Å². The number of aromatic nitrogens is 3. The monoisotopic (exact) mass is 379 g/mol. The number of thiazole rings is 1. The topological polar surface area (TPSA) is 127 Å². The van der Waals surface area contributed by atoms with Crippen molar-refractivity contribution in [1.82, 2.24) is 19.9 Å². The van der Waals surface area contributed by atoms with Crippen molar-refractivity contribution >= 4 is 39.9 Å². The van der Waals surface area contributed by atoms with Crippen LogP contribution in [0, 0.1) is 10.1 Å². The summed E-state index contributed by atoms with van der Waals surface area (Å²) in [6.45, 7) is 3.67. The number of nitro groups is 1. The third-order valence-electron chi connectivity index (χ3n) is 3.75. The van der Waals surface area contributed by atoms with Gasteiger partial charge in [-0.1, -0.05) is 0 Å². The highest BCUT2D eigenvalue weighted by molar-refractivity contribution is 7.13. The van der Waals surface area contributed by atoms with Gasteiger partial charge in [0.1, 0.15) is 6.33 Å². The molecule has 0 atom stereocenters. The molecule has 2 aromatic heterocycles. The zero-order valence-corrected chi connectivity index (χ0v) is 14.8. The Morgan fingerprint density at radius 1 is 1.35 bits per heavy atom. The molecule has 0 unspecified atom stereocenters. The first kappa shape index (κ1) is 17.8. The molecular weight excluding hydrogens is 362 g/mol. The molecule has 0 saturated carbocycles. The molecule has 1 aliphatic rings. The first-order chi connectivity index (χ1) is 12.6. The standard InChI is InChI=1S/C14H17N7O4S/c1-2-25-14(22)20-6-4-19(5-7-20)12-10(21(23)24)11(16-9-17-12)18-13-15-3-8-26-13/h3,8-9H,2,4-7H2,1H3,(H,15,16,17,18). The number of ether oxygens (including phenoxy) is 1. The predicted octanol–water partition coefficient (Wildman–Crippen LogP) is 1.86. The molecule has 1 amide bonds. The van der Waals surface area contributed by atoms with Crippen LogP contribution in [0.25, 0.3) is 0 Å². The lowest BCUT2D eigenvalue weighted by Crippen LogP contribution is -2.49. The molecule has 0 aromatic carbocycles. The second-order valence-corrected chi connectivity index (χ2v) is 6.18. The summed E-state index contributed by atoms with van der Waals surface area (Å²) in [6, 6.07) is 0. The van der Waals surface area contributed by atoms with Gasteiger partial charge in [-0.05, 0) is 6.92 Å². The number of hydrogen-bond acceptors (Lipinski definition) is 10. The van der Waals surface area contributed by atoms with E-state index in [0.29, 0.717) is 37.9 Å². The Balaban J connectivity index is 1.80. The van der Waals surface area contributed by atoms with Gasteiger partial charge in [-0.15, -0.1) is 11.3 Å². The second-order valence-electron chi connectivity index (χ2n) is 5.29. The van der Waals surface area contributed by atoms with E-state index < -0.39 is 4.92 Å². The largest absolute Gasteiger partial charge is 0.450 e. The molecule has 0 spiro atoms. The summed E-state index contributed by atoms with van der Waals surface area (Å²) in [6.07, 6.45) is 2.49. The van der Waals surface area contributed by atoms with Crippen molar-refractivity contribution in [2.45, 2.75) is 6.92 Å². The predicted molar refractivity (Wildman–Crippen MR) is 94.9 cm³/mol. The first-order valence-electron chi connectivity index (χ1n) is 7.92. The minimum atomic E-state index is -0.511. The Kier molecular flexibility index (Phi) is 5.41. The maximum absolute atomic E-state index is 11.8. The molecule has 138 valence electrons. The number of rotatable bonds is 5. The maximum Gasteiger partial charge on any atom is 0.409 e. The number of piperazine rings is 1. The van der Waals surface area contributed by atoms with E-state index in [-0.39, 0.29) is 23.4 Å². The maximum atomic E-state index is 11.8. The van der Waals surface area contributed by atoms with Crippen LogP contribution in [0.3, 0.4) is 0 Å². The van der Waals surface area contributed by atoms with Gasteiger partial charge in [-0.2, -0.15) is 0 Å². The van der Waals surface area contributed by atoms with Gasteiger partial charge in [-0.25, -0.2) is 19.7 Å². The highest BCUT2D eigenvalue weighted by Crippen LogP contribution is 2.34. The number of anilines is 3. The number of carbonyl (C=O) groups excluding carboxylic acids is 1. The van der Waals surface area contributed by atoms with E-state index in [0.717, 1.165) is 0 Å². The lowest BCUT2D eigenvalue weighted by atomic mass is 10.3. The Bertz CT molecular complexity index is 778. The van der Waals surface area contributed by atoms with Gasteiger partial charge in [0, 0.05) is 37.8 Å². The number of carbonyl (C=O) groups is 1. The van der Waals surface area contributed by atoms with E-state index in [1.165, 1.54) is 17.7 Å². The van der Waals surface area contributed by atoms with Gasteiger partial charge in [0.15, 0.2) is 5.13 Å². The van der Waals surface area contributed by atoms with Crippen LogP contribution < -0.4 is 10.2 Å². The second kappa shape index (κ2) is 7.91. The number of amides is 1. The van der Waals surface area contributed by atoms with Gasteiger partial charge in [0.2, 0.25) is 11.6 Å². The molecule has 26 heavy (non-hydrogen) atoms. The van der Waals surface area contributed by atoms with E-state index in [2.05, 4.69) is 20.3 Å². The van der Waals surface area contributed by atoms with E-state index in [1.54, 1.807) is 28.3 Å². The van der Waals surface area contributed by atoms with Gasteiger partial charge in [0.05, 0.1) is 11.5 Å². The van der Waals surface area contributed by atoms with Crippen molar-refractivity contribution in [1.29, 1.82) is 0 Å². The van der Waals surface area contributed by atoms with Crippen molar-refractivity contribution in [3.63, 3.8) is 0 Å². The summed E-state index contributed by atoms with van der Waals surface area (Å²) >= 11 is 1.31. The molecule has 12 heteroatoms. The summed E-state index contributed by atoms with van der Waals surface area (Å²) in [7, 11) is 0. The quantitative estimate of drug-likeness (QED) is 0.611. The van der Waals surface area contributed by atoms with Gasteiger partial charge in [0.25, 0.3) is 0 Å². The average Bonchev–Trinajstić information content (AvgIpc) is 3.15. The molecule has 1 N–H and O–H groups in total. The van der Waals surface area contributed by atoms with E-state index in [9.17, 15) is 14.9 Å². The molecule has 0 aliphatic carbocycles. The normalized spacial score (nSPS) is 14.2. The van der Waals surface area contributed by atoms with E-state index >= 15 is 0 Å². The minimum absolute atomic E-state index is 0.0859. The van der Waals surface area contributed by atoms with Crippen molar-refractivity contribution in [2.75, 3.05) is 43.0 Å². The van der Waals surface area contributed by atoms with E-state index in [4.69, 9.17) is 4.74 Å². The third kappa shape index (κ3) is 3.79. The van der Waals surface area contributed by atoms with Gasteiger partial charge in [-0.3, -0.25) is 10.1 Å². The molecule has 1 fully saturated rings. The first-order valence-corrected chi connectivity index (χ1v) is 8.80. The van der Waals surface area contributed by atoms with Crippen LogP contribution in [0.4, 0.5) is 27.2 Å². The molecule has 11 nitrogen and oxygen atoms in total. The molecule has 0 radical (unpaired) electrons. The summed E-state index contributed by atoms with van der Waals surface area (Å²) in [5.74, 6) is 0.301. The Hall–Kier alpha value is -3.02. The number of hydrogen-bond donors (Lipinski definition) is 1. The van der Waals surface area contributed by atoms with Crippen molar-refractivity contribution in [3.05, 3.63) is 28.0 Å². The SMILES string of the molecule is CCOC(=O)N1CCN(c2ncnc(Nc3nccs3)c2[N+](=O)[O-])CC1. The summed E-state index contributed by atoms with van der Waals surface area (Å²) in [4.78, 5) is 38.4. The van der Waals surface area contributed by atoms with Crippen LogP contribution in [-0.4, -0.2) is 63.7 Å². The molecule has 1 aliphatic heterocycles. The highest BCUT2D eigenvalue weighted by Gasteiger charge is 2.30. The Morgan fingerprint density at radius 3 is 2.73 bits per heavy atom. The summed E-state index contributed by atoms with van der Waals surface area (Å²) in [5.41, 5.74) is -0.215. The lowest BCUT2D eigenvalue weighted by Gasteiger charge is -2.34. The van der Waals surface area contributed by atoms with E-state index in [1.807, 2.05) is 0 Å². The Morgan fingerprint density at radius 2 is 2.12 bits per heavy atom. The zero-order valence-electron chi connectivity index (χ0n) is 14.0. The highest BCUT2D eigenvalue weighted by atomic mass is 32.1. The average molecular weight is 379 g/mol. The summed E-state index contributed by atoms with van der Waals surface area (Å²) < 4.78 is 4.98. The number of nitrogens with zero attached hydrogens (tertiary/aromatic N) is 6. The fourth-order valence-electron chi connectivity index (χ4n) is 2.56. The Labute approximate surface area is 152 Å². The molecular formula is C14H17N7O4S.